The van der Waals surface area contributed by atoms with Crippen molar-refractivity contribution in [3.8, 4) is 27.3 Å². The number of hydrogen-bond donors (Lipinski definition) is 3. The molecule has 2 aromatic carbocycles. The second-order valence-corrected chi connectivity index (χ2v) is 13.2. The van der Waals surface area contributed by atoms with E-state index in [0.29, 0.717) is 47.2 Å². The van der Waals surface area contributed by atoms with Crippen molar-refractivity contribution in [2.24, 2.45) is 11.7 Å². The summed E-state index contributed by atoms with van der Waals surface area (Å²) >= 11 is 1.59. The Morgan fingerprint density at radius 1 is 1.02 bits per heavy atom. The molecule has 4 aliphatic rings. The summed E-state index contributed by atoms with van der Waals surface area (Å²) in [6.45, 7) is 4.73. The molecule has 0 unspecified atom stereocenters. The first kappa shape index (κ1) is 29.2. The molecule has 4 aromatic rings. The van der Waals surface area contributed by atoms with Gasteiger partial charge in [-0.3, -0.25) is 9.59 Å². The molecule has 3 fully saturated rings. The zero-order chi connectivity index (χ0) is 31.5. The second kappa shape index (κ2) is 11.1. The number of carbonyl (C=O) groups excluding carboxylic acids is 3. The predicted octanol–water partition coefficient (Wildman–Crippen LogP) is 5.81. The molecule has 2 bridgehead atoms. The topological polar surface area (TPSA) is 133 Å². The third kappa shape index (κ3) is 5.07. The van der Waals surface area contributed by atoms with Crippen LogP contribution >= 0.6 is 11.3 Å². The van der Waals surface area contributed by atoms with Crippen LogP contribution in [0.4, 0.5) is 5.69 Å². The molecule has 8 rings (SSSR count). The number of amides is 2. The van der Waals surface area contributed by atoms with E-state index < -0.39 is 5.97 Å². The van der Waals surface area contributed by atoms with Crippen LogP contribution in [0.15, 0.2) is 47.8 Å². The lowest BCUT2D eigenvalue weighted by molar-refractivity contribution is -0.0439. The molecular weight excluding hydrogens is 588 g/mol. The molecule has 45 heavy (non-hydrogen) atoms. The van der Waals surface area contributed by atoms with E-state index in [-0.39, 0.29) is 28.7 Å². The zero-order valence-electron chi connectivity index (χ0n) is 25.4. The maximum atomic E-state index is 14.2. The van der Waals surface area contributed by atoms with E-state index in [1.54, 1.807) is 29.5 Å². The number of fused-ring (bicyclic) bond motifs is 3. The van der Waals surface area contributed by atoms with Crippen LogP contribution in [0.2, 0.25) is 0 Å². The number of esters is 1. The molecule has 3 heterocycles. The molecule has 2 amide bonds. The Bertz CT molecular complexity index is 1860. The summed E-state index contributed by atoms with van der Waals surface area (Å²) in [4.78, 5) is 46.1. The number of pyridine rings is 1. The van der Waals surface area contributed by atoms with Gasteiger partial charge >= 0.3 is 5.97 Å². The minimum Gasteiger partial charge on any atom is -0.493 e. The molecule has 10 heteroatoms. The van der Waals surface area contributed by atoms with Crippen molar-refractivity contribution in [1.29, 1.82) is 0 Å². The molecule has 3 aliphatic carbocycles. The molecule has 0 spiro atoms. The smallest absolute Gasteiger partial charge is 0.357 e. The summed E-state index contributed by atoms with van der Waals surface area (Å²) in [5.41, 5.74) is 12.3. The van der Waals surface area contributed by atoms with E-state index in [1.165, 1.54) is 7.11 Å². The van der Waals surface area contributed by atoms with E-state index in [1.807, 2.05) is 37.4 Å². The number of ether oxygens (including phenoxy) is 2. The van der Waals surface area contributed by atoms with Gasteiger partial charge in [0.25, 0.3) is 11.8 Å². The van der Waals surface area contributed by atoms with Crippen LogP contribution in [-0.2, 0) is 17.7 Å². The van der Waals surface area contributed by atoms with Gasteiger partial charge in [-0.1, -0.05) is 12.1 Å². The molecule has 4 N–H and O–H groups in total. The SMILES string of the molecule is COC(=O)c1nc(C(=O)NC23CC(C2)C3)ccc1-c1cc2c(cc1C(=O)Nc1c(C)cc(CN)cc1C)-c1sccc1CCO2. The van der Waals surface area contributed by atoms with Crippen molar-refractivity contribution in [3.63, 3.8) is 0 Å². The van der Waals surface area contributed by atoms with Crippen LogP contribution in [0.5, 0.6) is 5.75 Å². The first-order valence-electron chi connectivity index (χ1n) is 15.1. The molecule has 1 aliphatic heterocycles. The van der Waals surface area contributed by atoms with E-state index in [0.717, 1.165) is 58.4 Å². The lowest BCUT2D eigenvalue weighted by Crippen LogP contribution is -2.68. The average Bonchev–Trinajstić information content (AvgIpc) is 3.40. The van der Waals surface area contributed by atoms with Crippen LogP contribution in [0.25, 0.3) is 21.6 Å². The number of thiophene rings is 1. The highest BCUT2D eigenvalue weighted by atomic mass is 32.1. The van der Waals surface area contributed by atoms with E-state index in [9.17, 15) is 14.4 Å². The van der Waals surface area contributed by atoms with Crippen molar-refractivity contribution >= 4 is 34.8 Å². The monoisotopic (exact) mass is 622 g/mol. The van der Waals surface area contributed by atoms with Crippen LogP contribution < -0.4 is 21.1 Å². The Labute approximate surface area is 265 Å². The molecule has 0 atom stereocenters. The van der Waals surface area contributed by atoms with Crippen molar-refractivity contribution < 1.29 is 23.9 Å². The van der Waals surface area contributed by atoms with E-state index >= 15 is 0 Å². The Morgan fingerprint density at radius 3 is 2.44 bits per heavy atom. The summed E-state index contributed by atoms with van der Waals surface area (Å²) in [7, 11) is 1.27. The Morgan fingerprint density at radius 2 is 1.78 bits per heavy atom. The summed E-state index contributed by atoms with van der Waals surface area (Å²) in [5.74, 6) is -0.100. The standard InChI is InChI=1S/C35H34N4O5S/c1-18-10-20(17-36)11-19(2)29(18)38-32(40)25-12-26-28(44-8-6-22-7-9-45-31(22)26)13-24(25)23-4-5-27(37-30(23)34(42)43-3)33(41)39-35-14-21(15-35)16-35/h4-5,7,9-13,21H,6,8,14-17,36H2,1-3H3,(H,38,40)(H,39,41). The number of aryl methyl sites for hydroxylation is 2. The van der Waals surface area contributed by atoms with Crippen molar-refractivity contribution in [2.45, 2.75) is 51.6 Å². The number of nitrogens with two attached hydrogens (primary N) is 1. The number of benzene rings is 2. The number of anilines is 1. The minimum absolute atomic E-state index is 0.0539. The van der Waals surface area contributed by atoms with Gasteiger partial charge in [0.15, 0.2) is 5.69 Å². The van der Waals surface area contributed by atoms with Gasteiger partial charge in [-0.25, -0.2) is 9.78 Å². The zero-order valence-corrected chi connectivity index (χ0v) is 26.2. The fourth-order valence-corrected chi connectivity index (χ4v) is 7.84. The number of methoxy groups -OCH3 is 1. The molecule has 9 nitrogen and oxygen atoms in total. The highest BCUT2D eigenvalue weighted by Crippen LogP contribution is 2.57. The third-order valence-electron chi connectivity index (χ3n) is 9.27. The normalized spacial score (nSPS) is 19.1. The van der Waals surface area contributed by atoms with Gasteiger partial charge in [0.2, 0.25) is 0 Å². The second-order valence-electron chi connectivity index (χ2n) is 12.3. The number of carbonyl (C=O) groups is 3. The summed E-state index contributed by atoms with van der Waals surface area (Å²) < 4.78 is 11.3. The van der Waals surface area contributed by atoms with E-state index in [2.05, 4.69) is 21.7 Å². The van der Waals surface area contributed by atoms with Crippen LogP contribution in [0.3, 0.4) is 0 Å². The maximum Gasteiger partial charge on any atom is 0.357 e. The Kier molecular flexibility index (Phi) is 7.21. The molecule has 0 saturated heterocycles. The van der Waals surface area contributed by atoms with Gasteiger partial charge < -0.3 is 25.8 Å². The molecule has 3 saturated carbocycles. The lowest BCUT2D eigenvalue weighted by Gasteiger charge is -2.61. The van der Waals surface area contributed by atoms with Gasteiger partial charge in [-0.05, 0) is 97.0 Å². The van der Waals surface area contributed by atoms with Crippen LogP contribution in [0.1, 0.15) is 72.9 Å². The third-order valence-corrected chi connectivity index (χ3v) is 10.3. The predicted molar refractivity (Wildman–Crippen MR) is 173 cm³/mol. The Hall–Kier alpha value is -4.54. The lowest BCUT2D eigenvalue weighted by atomic mass is 9.50. The number of nitrogens with zero attached hydrogens (tertiary/aromatic N) is 1. The van der Waals surface area contributed by atoms with E-state index in [4.69, 9.17) is 15.2 Å². The van der Waals surface area contributed by atoms with Gasteiger partial charge in [0, 0.05) is 51.3 Å². The summed E-state index contributed by atoms with van der Waals surface area (Å²) in [5, 5.41) is 8.26. The first-order valence-corrected chi connectivity index (χ1v) is 16.0. The molecular formula is C35H34N4O5S. The number of hydrogen-bond acceptors (Lipinski definition) is 8. The fraction of sp³-hybridized carbons (Fsp3) is 0.314. The molecule has 0 radical (unpaired) electrons. The first-order chi connectivity index (χ1) is 21.7. The van der Waals surface area contributed by atoms with Gasteiger partial charge in [0.05, 0.1) is 13.7 Å². The maximum absolute atomic E-state index is 14.2. The van der Waals surface area contributed by atoms with Crippen molar-refractivity contribution in [2.75, 3.05) is 19.0 Å². The van der Waals surface area contributed by atoms with Crippen molar-refractivity contribution in [1.82, 2.24) is 10.3 Å². The fourth-order valence-electron chi connectivity index (χ4n) is 6.87. The van der Waals surface area contributed by atoms with Crippen molar-refractivity contribution in [3.05, 3.63) is 87.0 Å². The largest absolute Gasteiger partial charge is 0.493 e. The van der Waals surface area contributed by atoms with Gasteiger partial charge in [-0.2, -0.15) is 0 Å². The highest BCUT2D eigenvalue weighted by Gasteiger charge is 2.57. The average molecular weight is 623 g/mol. The quantitative estimate of drug-likeness (QED) is 0.222. The minimum atomic E-state index is -0.711. The molecule has 230 valence electrons. The summed E-state index contributed by atoms with van der Waals surface area (Å²) in [6, 6.07) is 12.9. The van der Waals surface area contributed by atoms with Gasteiger partial charge in [-0.15, -0.1) is 11.3 Å². The number of nitrogens with one attached hydrogen (secondary N) is 2. The Balaban J connectivity index is 1.35. The molecule has 2 aromatic heterocycles. The van der Waals surface area contributed by atoms with Crippen LogP contribution in [-0.4, -0.2) is 42.0 Å². The highest BCUT2D eigenvalue weighted by molar-refractivity contribution is 7.13. The van der Waals surface area contributed by atoms with Gasteiger partial charge in [0.1, 0.15) is 11.4 Å². The summed E-state index contributed by atoms with van der Waals surface area (Å²) in [6.07, 6.45) is 3.67. The van der Waals surface area contributed by atoms with Crippen LogP contribution in [0, 0.1) is 19.8 Å². The number of rotatable bonds is 7. The number of aromatic nitrogens is 1.